The molecule has 1 aliphatic heterocycles. The maximum Gasteiger partial charge on any atom is 0.0521 e. The Balaban J connectivity index is 1.53. The van der Waals surface area contributed by atoms with Gasteiger partial charge in [0, 0.05) is 38.7 Å². The first-order chi connectivity index (χ1) is 9.29. The van der Waals surface area contributed by atoms with Crippen molar-refractivity contribution in [2.75, 3.05) is 13.1 Å². The molecule has 0 bridgehead atoms. The fourth-order valence-electron chi connectivity index (χ4n) is 2.88. The molecule has 0 aromatic carbocycles. The van der Waals surface area contributed by atoms with Crippen molar-refractivity contribution in [1.29, 1.82) is 0 Å². The quantitative estimate of drug-likeness (QED) is 0.837. The Bertz CT molecular complexity index is 520. The summed E-state index contributed by atoms with van der Waals surface area (Å²) >= 11 is 0. The number of rotatable bonds is 4. The van der Waals surface area contributed by atoms with Gasteiger partial charge in [-0.15, -0.1) is 0 Å². The molecule has 0 amide bonds. The Labute approximate surface area is 114 Å². The molecule has 1 fully saturated rings. The van der Waals surface area contributed by atoms with Gasteiger partial charge in [0.1, 0.15) is 0 Å². The number of aromatic nitrogens is 3. The molecule has 1 saturated heterocycles. The first-order valence-electron chi connectivity index (χ1n) is 6.88. The lowest BCUT2D eigenvalue weighted by Gasteiger charge is -2.15. The van der Waals surface area contributed by atoms with Gasteiger partial charge in [-0.05, 0) is 48.6 Å². The van der Waals surface area contributed by atoms with Gasteiger partial charge in [-0.25, -0.2) is 0 Å². The first kappa shape index (κ1) is 12.4. The fraction of sp³-hybridized carbons (Fsp3) is 0.467. The van der Waals surface area contributed by atoms with Gasteiger partial charge < -0.3 is 0 Å². The summed E-state index contributed by atoms with van der Waals surface area (Å²) in [6, 6.07) is 4.21. The third-order valence-corrected chi connectivity index (χ3v) is 3.81. The molecular formula is C15H20N4. The molecule has 0 radical (unpaired) electrons. The van der Waals surface area contributed by atoms with Gasteiger partial charge in [0.2, 0.25) is 0 Å². The predicted molar refractivity (Wildman–Crippen MR) is 74.5 cm³/mol. The summed E-state index contributed by atoms with van der Waals surface area (Å²) in [5.74, 6) is 0.769. The molecule has 19 heavy (non-hydrogen) atoms. The van der Waals surface area contributed by atoms with Crippen LogP contribution < -0.4 is 0 Å². The highest BCUT2D eigenvalue weighted by Gasteiger charge is 2.22. The number of aryl methyl sites for hydroxylation is 1. The maximum atomic E-state index is 4.24. The number of hydrogen-bond acceptors (Lipinski definition) is 3. The van der Waals surface area contributed by atoms with Crippen LogP contribution in [0.4, 0.5) is 0 Å². The third kappa shape index (κ3) is 3.20. The zero-order chi connectivity index (χ0) is 13.1. The molecule has 3 rings (SSSR count). The molecule has 0 saturated carbocycles. The van der Waals surface area contributed by atoms with E-state index in [0.29, 0.717) is 0 Å². The summed E-state index contributed by atoms with van der Waals surface area (Å²) < 4.78 is 1.89. The molecule has 4 nitrogen and oxygen atoms in total. The van der Waals surface area contributed by atoms with Crippen LogP contribution in [-0.4, -0.2) is 32.8 Å². The normalized spacial score (nSPS) is 19.9. The summed E-state index contributed by atoms with van der Waals surface area (Å²) in [4.78, 5) is 6.60. The van der Waals surface area contributed by atoms with Crippen molar-refractivity contribution in [3.63, 3.8) is 0 Å². The molecule has 2 aromatic heterocycles. The molecule has 2 aromatic rings. The summed E-state index contributed by atoms with van der Waals surface area (Å²) in [5.41, 5.74) is 2.72. The standard InChI is InChI=1S/C15H20N4/c1-18-10-15(9-17-18)8-14-4-7-19(12-14)11-13-2-5-16-6-3-13/h2-3,5-6,9-10,14H,4,7-8,11-12H2,1H3/t14-/m1/s1. The summed E-state index contributed by atoms with van der Waals surface area (Å²) in [6.07, 6.45) is 10.3. The van der Waals surface area contributed by atoms with Gasteiger partial charge >= 0.3 is 0 Å². The zero-order valence-electron chi connectivity index (χ0n) is 11.4. The minimum atomic E-state index is 0.769. The smallest absolute Gasteiger partial charge is 0.0521 e. The van der Waals surface area contributed by atoms with Gasteiger partial charge in [0.05, 0.1) is 6.20 Å². The van der Waals surface area contributed by atoms with Crippen LogP contribution in [0.2, 0.25) is 0 Å². The van der Waals surface area contributed by atoms with Crippen molar-refractivity contribution >= 4 is 0 Å². The van der Waals surface area contributed by atoms with Gasteiger partial charge in [0.25, 0.3) is 0 Å². The van der Waals surface area contributed by atoms with Crippen molar-refractivity contribution < 1.29 is 0 Å². The molecule has 1 atom stereocenters. The van der Waals surface area contributed by atoms with Crippen molar-refractivity contribution in [3.8, 4) is 0 Å². The number of likely N-dealkylation sites (tertiary alicyclic amines) is 1. The van der Waals surface area contributed by atoms with E-state index in [1.807, 2.05) is 30.3 Å². The van der Waals surface area contributed by atoms with Crippen LogP contribution in [0, 0.1) is 5.92 Å². The second-order valence-electron chi connectivity index (χ2n) is 5.47. The molecule has 3 heterocycles. The largest absolute Gasteiger partial charge is 0.299 e. The SMILES string of the molecule is Cn1cc(C[C@H]2CCN(Cc3ccncc3)C2)cn1. The molecule has 100 valence electrons. The average Bonchev–Trinajstić information content (AvgIpc) is 3.01. The number of pyridine rings is 1. The van der Waals surface area contributed by atoms with E-state index in [0.717, 1.165) is 18.9 Å². The summed E-state index contributed by atoms with van der Waals surface area (Å²) in [5, 5.41) is 4.24. The van der Waals surface area contributed by atoms with Crippen molar-refractivity contribution in [2.24, 2.45) is 13.0 Å². The van der Waals surface area contributed by atoms with E-state index in [4.69, 9.17) is 0 Å². The first-order valence-corrected chi connectivity index (χ1v) is 6.88. The Morgan fingerprint density at radius 2 is 2.11 bits per heavy atom. The minimum absolute atomic E-state index is 0.769. The maximum absolute atomic E-state index is 4.24. The summed E-state index contributed by atoms with van der Waals surface area (Å²) in [7, 11) is 1.98. The summed E-state index contributed by atoms with van der Waals surface area (Å²) in [6.45, 7) is 3.44. The average molecular weight is 256 g/mol. The van der Waals surface area contributed by atoms with Crippen LogP contribution in [-0.2, 0) is 20.0 Å². The van der Waals surface area contributed by atoms with E-state index in [2.05, 4.69) is 33.3 Å². The van der Waals surface area contributed by atoms with Crippen molar-refractivity contribution in [3.05, 3.63) is 48.0 Å². The van der Waals surface area contributed by atoms with Crippen molar-refractivity contribution in [2.45, 2.75) is 19.4 Å². The lowest BCUT2D eigenvalue weighted by atomic mass is 10.0. The van der Waals surface area contributed by atoms with Crippen LogP contribution in [0.15, 0.2) is 36.9 Å². The van der Waals surface area contributed by atoms with E-state index in [9.17, 15) is 0 Å². The van der Waals surface area contributed by atoms with E-state index < -0.39 is 0 Å². The lowest BCUT2D eigenvalue weighted by molar-refractivity contribution is 0.316. The highest BCUT2D eigenvalue weighted by atomic mass is 15.2. The molecular weight excluding hydrogens is 236 g/mol. The van der Waals surface area contributed by atoms with Crippen LogP contribution >= 0.6 is 0 Å². The van der Waals surface area contributed by atoms with Crippen LogP contribution in [0.5, 0.6) is 0 Å². The van der Waals surface area contributed by atoms with Gasteiger partial charge in [0.15, 0.2) is 0 Å². The topological polar surface area (TPSA) is 34.0 Å². The van der Waals surface area contributed by atoms with E-state index >= 15 is 0 Å². The monoisotopic (exact) mass is 256 g/mol. The van der Waals surface area contributed by atoms with E-state index in [1.165, 1.54) is 30.6 Å². The highest BCUT2D eigenvalue weighted by Crippen LogP contribution is 2.22. The Hall–Kier alpha value is -1.68. The van der Waals surface area contributed by atoms with Gasteiger partial charge in [-0.2, -0.15) is 5.10 Å². The third-order valence-electron chi connectivity index (χ3n) is 3.81. The molecule has 0 N–H and O–H groups in total. The molecule has 0 spiro atoms. The van der Waals surface area contributed by atoms with Gasteiger partial charge in [-0.1, -0.05) is 0 Å². The zero-order valence-corrected chi connectivity index (χ0v) is 11.4. The van der Waals surface area contributed by atoms with E-state index in [1.54, 1.807) is 0 Å². The number of hydrogen-bond donors (Lipinski definition) is 0. The Morgan fingerprint density at radius 1 is 1.26 bits per heavy atom. The van der Waals surface area contributed by atoms with Crippen LogP contribution in [0.1, 0.15) is 17.5 Å². The Morgan fingerprint density at radius 3 is 2.84 bits per heavy atom. The molecule has 0 unspecified atom stereocenters. The number of nitrogens with zero attached hydrogens (tertiary/aromatic N) is 4. The second-order valence-corrected chi connectivity index (χ2v) is 5.47. The molecule has 4 heteroatoms. The van der Waals surface area contributed by atoms with Crippen LogP contribution in [0.25, 0.3) is 0 Å². The van der Waals surface area contributed by atoms with Crippen molar-refractivity contribution in [1.82, 2.24) is 19.7 Å². The van der Waals surface area contributed by atoms with E-state index in [-0.39, 0.29) is 0 Å². The lowest BCUT2D eigenvalue weighted by Crippen LogP contribution is -2.20. The second kappa shape index (κ2) is 5.53. The molecule has 1 aliphatic rings. The highest BCUT2D eigenvalue weighted by molar-refractivity contribution is 5.10. The fourth-order valence-corrected chi connectivity index (χ4v) is 2.88. The Kier molecular flexibility index (Phi) is 3.60. The molecule has 0 aliphatic carbocycles. The van der Waals surface area contributed by atoms with Crippen LogP contribution in [0.3, 0.4) is 0 Å². The minimum Gasteiger partial charge on any atom is -0.299 e. The predicted octanol–water partition coefficient (Wildman–Crippen LogP) is 1.88. The van der Waals surface area contributed by atoms with Gasteiger partial charge in [-0.3, -0.25) is 14.6 Å².